The van der Waals surface area contributed by atoms with Gasteiger partial charge in [-0.2, -0.15) is 0 Å². The molecule has 2 heterocycles. The molecule has 2 N–H and O–H groups in total. The second-order valence-corrected chi connectivity index (χ2v) is 5.72. The van der Waals surface area contributed by atoms with Crippen molar-refractivity contribution in [3.05, 3.63) is 34.9 Å². The van der Waals surface area contributed by atoms with Crippen LogP contribution in [0.4, 0.5) is 0 Å². The maximum atomic E-state index is 12.8. The number of fused-ring (bicyclic) bond motifs is 1. The molecule has 112 valence electrons. The number of amides is 1. The second kappa shape index (κ2) is 5.85. The molecule has 21 heavy (non-hydrogen) atoms. The van der Waals surface area contributed by atoms with Crippen molar-refractivity contribution in [3.63, 3.8) is 0 Å². The Morgan fingerprint density at radius 3 is 2.95 bits per heavy atom. The maximum absolute atomic E-state index is 12.8. The number of carbonyl (C=O) groups is 2. The van der Waals surface area contributed by atoms with E-state index in [-0.39, 0.29) is 5.91 Å². The monoisotopic (exact) mass is 288 g/mol. The number of likely N-dealkylation sites (tertiary alicyclic amines) is 1. The van der Waals surface area contributed by atoms with Crippen molar-refractivity contribution in [1.82, 2.24) is 10.2 Å². The Kier molecular flexibility index (Phi) is 3.92. The van der Waals surface area contributed by atoms with Gasteiger partial charge in [-0.1, -0.05) is 12.1 Å². The molecule has 1 atom stereocenters. The molecule has 0 bridgehead atoms. The van der Waals surface area contributed by atoms with Crippen LogP contribution in [0.3, 0.4) is 0 Å². The molecule has 0 aliphatic carbocycles. The number of hydrogen-bond acceptors (Lipinski definition) is 3. The molecule has 5 heteroatoms. The zero-order valence-corrected chi connectivity index (χ0v) is 12.0. The maximum Gasteiger partial charge on any atom is 0.326 e. The van der Waals surface area contributed by atoms with Crippen LogP contribution in [0.1, 0.15) is 40.7 Å². The number of aliphatic carboxylic acids is 1. The number of carbonyl (C=O) groups excluding carboxylic acids is 1. The third-order valence-electron chi connectivity index (χ3n) is 4.42. The SMILES string of the molecule is O=C(O)[C@@H]1CCCCN1C(=O)c1cccc2c1CCNC2. The van der Waals surface area contributed by atoms with E-state index in [1.54, 1.807) is 4.90 Å². The van der Waals surface area contributed by atoms with Crippen molar-refractivity contribution in [2.45, 2.75) is 38.3 Å². The van der Waals surface area contributed by atoms with Crippen molar-refractivity contribution in [2.24, 2.45) is 0 Å². The molecular formula is C16H20N2O3. The van der Waals surface area contributed by atoms with E-state index in [1.165, 1.54) is 0 Å². The van der Waals surface area contributed by atoms with E-state index < -0.39 is 12.0 Å². The molecule has 1 aromatic rings. The van der Waals surface area contributed by atoms with E-state index in [1.807, 2.05) is 18.2 Å². The van der Waals surface area contributed by atoms with Crippen LogP contribution in [0.25, 0.3) is 0 Å². The highest BCUT2D eigenvalue weighted by molar-refractivity contribution is 5.98. The summed E-state index contributed by atoms with van der Waals surface area (Å²) in [6, 6.07) is 5.07. The number of carboxylic acid groups (broad SMARTS) is 1. The number of hydrogen-bond donors (Lipinski definition) is 2. The van der Waals surface area contributed by atoms with Gasteiger partial charge >= 0.3 is 5.97 Å². The summed E-state index contributed by atoms with van der Waals surface area (Å²) in [4.78, 5) is 25.8. The lowest BCUT2D eigenvalue weighted by Gasteiger charge is -2.34. The van der Waals surface area contributed by atoms with Gasteiger partial charge in [-0.3, -0.25) is 4.79 Å². The van der Waals surface area contributed by atoms with Gasteiger partial charge in [0.15, 0.2) is 0 Å². The molecule has 1 amide bonds. The minimum atomic E-state index is -0.894. The van der Waals surface area contributed by atoms with Crippen molar-refractivity contribution in [1.29, 1.82) is 0 Å². The summed E-state index contributed by atoms with van der Waals surface area (Å²) in [5.41, 5.74) is 2.91. The fourth-order valence-corrected chi connectivity index (χ4v) is 3.32. The van der Waals surface area contributed by atoms with Crippen LogP contribution in [0, 0.1) is 0 Å². The second-order valence-electron chi connectivity index (χ2n) is 5.72. The molecule has 0 radical (unpaired) electrons. The van der Waals surface area contributed by atoms with Gasteiger partial charge in [0, 0.05) is 18.7 Å². The summed E-state index contributed by atoms with van der Waals surface area (Å²) in [5.74, 6) is -1.02. The predicted molar refractivity (Wildman–Crippen MR) is 78.2 cm³/mol. The average molecular weight is 288 g/mol. The smallest absolute Gasteiger partial charge is 0.326 e. The van der Waals surface area contributed by atoms with Crippen LogP contribution in [0.2, 0.25) is 0 Å². The summed E-state index contributed by atoms with van der Waals surface area (Å²) in [7, 11) is 0. The van der Waals surface area contributed by atoms with E-state index in [0.29, 0.717) is 18.5 Å². The minimum absolute atomic E-state index is 0.124. The highest BCUT2D eigenvalue weighted by atomic mass is 16.4. The molecule has 0 unspecified atom stereocenters. The van der Waals surface area contributed by atoms with Crippen LogP contribution in [0.15, 0.2) is 18.2 Å². The summed E-state index contributed by atoms with van der Waals surface area (Å²) in [6.07, 6.45) is 3.13. The van der Waals surface area contributed by atoms with Gasteiger partial charge < -0.3 is 15.3 Å². The molecule has 2 aliphatic rings. The summed E-state index contributed by atoms with van der Waals surface area (Å²) in [6.45, 7) is 2.18. The third-order valence-corrected chi connectivity index (χ3v) is 4.42. The highest BCUT2D eigenvalue weighted by Crippen LogP contribution is 2.24. The van der Waals surface area contributed by atoms with Crippen LogP contribution >= 0.6 is 0 Å². The number of nitrogens with zero attached hydrogens (tertiary/aromatic N) is 1. The molecule has 0 aromatic heterocycles. The first-order valence-electron chi connectivity index (χ1n) is 7.54. The predicted octanol–water partition coefficient (Wildman–Crippen LogP) is 1.41. The van der Waals surface area contributed by atoms with E-state index in [9.17, 15) is 14.7 Å². The molecule has 1 aromatic carbocycles. The number of piperidine rings is 1. The Labute approximate surface area is 123 Å². The van der Waals surface area contributed by atoms with Gasteiger partial charge in [-0.05, 0) is 49.4 Å². The van der Waals surface area contributed by atoms with Crippen molar-refractivity contribution in [3.8, 4) is 0 Å². The Morgan fingerprint density at radius 2 is 2.14 bits per heavy atom. The lowest BCUT2D eigenvalue weighted by molar-refractivity contribution is -0.143. The fourth-order valence-electron chi connectivity index (χ4n) is 3.32. The first-order valence-corrected chi connectivity index (χ1v) is 7.54. The molecule has 5 nitrogen and oxygen atoms in total. The number of benzene rings is 1. The van der Waals surface area contributed by atoms with E-state index in [2.05, 4.69) is 5.32 Å². The Bertz CT molecular complexity index is 571. The third kappa shape index (κ3) is 2.65. The van der Waals surface area contributed by atoms with Gasteiger partial charge in [0.25, 0.3) is 5.91 Å². The largest absolute Gasteiger partial charge is 0.480 e. The van der Waals surface area contributed by atoms with E-state index >= 15 is 0 Å². The number of rotatable bonds is 2. The van der Waals surface area contributed by atoms with Crippen LogP contribution in [-0.2, 0) is 17.8 Å². The number of carboxylic acids is 1. The molecule has 2 aliphatic heterocycles. The molecule has 1 saturated heterocycles. The fraction of sp³-hybridized carbons (Fsp3) is 0.500. The summed E-state index contributed by atoms with van der Waals surface area (Å²) < 4.78 is 0. The topological polar surface area (TPSA) is 69.6 Å². The van der Waals surface area contributed by atoms with Gasteiger partial charge in [0.1, 0.15) is 6.04 Å². The molecule has 3 rings (SSSR count). The van der Waals surface area contributed by atoms with Crippen molar-refractivity contribution in [2.75, 3.05) is 13.1 Å². The van der Waals surface area contributed by atoms with Gasteiger partial charge in [0.05, 0.1) is 0 Å². The Morgan fingerprint density at radius 1 is 1.29 bits per heavy atom. The standard InChI is InChI=1S/C16H20N2O3/c19-15(18-9-2-1-6-14(18)16(20)21)13-5-3-4-11-10-17-8-7-12(11)13/h3-5,14,17H,1-2,6-10H2,(H,20,21)/t14-/m0/s1. The molecule has 0 spiro atoms. The quantitative estimate of drug-likeness (QED) is 0.863. The highest BCUT2D eigenvalue weighted by Gasteiger charge is 2.33. The van der Waals surface area contributed by atoms with Crippen LogP contribution in [0.5, 0.6) is 0 Å². The Balaban J connectivity index is 1.92. The molecular weight excluding hydrogens is 268 g/mol. The lowest BCUT2D eigenvalue weighted by Crippen LogP contribution is -2.48. The summed E-state index contributed by atoms with van der Waals surface area (Å²) >= 11 is 0. The van der Waals surface area contributed by atoms with Crippen molar-refractivity contribution >= 4 is 11.9 Å². The zero-order valence-electron chi connectivity index (χ0n) is 12.0. The Hall–Kier alpha value is -1.88. The zero-order chi connectivity index (χ0) is 14.8. The normalized spacial score (nSPS) is 21.7. The minimum Gasteiger partial charge on any atom is -0.480 e. The first kappa shape index (κ1) is 14.1. The number of nitrogens with one attached hydrogen (secondary N) is 1. The average Bonchev–Trinajstić information content (AvgIpc) is 2.53. The van der Waals surface area contributed by atoms with E-state index in [0.717, 1.165) is 43.5 Å². The van der Waals surface area contributed by atoms with Gasteiger partial charge in [0.2, 0.25) is 0 Å². The van der Waals surface area contributed by atoms with Crippen LogP contribution in [-0.4, -0.2) is 41.0 Å². The van der Waals surface area contributed by atoms with Gasteiger partial charge in [-0.15, -0.1) is 0 Å². The molecule has 1 fully saturated rings. The van der Waals surface area contributed by atoms with Crippen molar-refractivity contribution < 1.29 is 14.7 Å². The molecule has 0 saturated carbocycles. The van der Waals surface area contributed by atoms with E-state index in [4.69, 9.17) is 0 Å². The van der Waals surface area contributed by atoms with Gasteiger partial charge in [-0.25, -0.2) is 4.79 Å². The lowest BCUT2D eigenvalue weighted by atomic mass is 9.93. The van der Waals surface area contributed by atoms with Crippen LogP contribution < -0.4 is 5.32 Å². The summed E-state index contributed by atoms with van der Waals surface area (Å²) in [5, 5.41) is 12.6. The first-order chi connectivity index (χ1) is 10.2.